The second kappa shape index (κ2) is 23.8. The summed E-state index contributed by atoms with van der Waals surface area (Å²) in [5.41, 5.74) is -4.21. The van der Waals surface area contributed by atoms with Crippen LogP contribution in [0.2, 0.25) is 0 Å². The quantitative estimate of drug-likeness (QED) is 0.154. The van der Waals surface area contributed by atoms with Crippen molar-refractivity contribution in [1.29, 1.82) is 0 Å². The lowest BCUT2D eigenvalue weighted by atomic mass is 9.73. The number of benzene rings is 2. The molecule has 0 bridgehead atoms. The summed E-state index contributed by atoms with van der Waals surface area (Å²) in [6.07, 6.45) is -11.4. The Morgan fingerprint density at radius 1 is 0.768 bits per heavy atom. The Morgan fingerprint density at radius 3 is 1.84 bits per heavy atom. The molecule has 5 rings (SSSR count). The van der Waals surface area contributed by atoms with Gasteiger partial charge in [0.25, 0.3) is 0 Å². The Bertz CT molecular complexity index is 1960. The number of hydrogen-bond donors (Lipinski definition) is 4. The second-order valence-corrected chi connectivity index (χ2v) is 20.3. The molecule has 1 unspecified atom stereocenters. The molecule has 0 aromatic heterocycles. The molecule has 0 amide bonds. The van der Waals surface area contributed by atoms with Gasteiger partial charge in [-0.25, -0.2) is 9.59 Å². The van der Waals surface area contributed by atoms with Gasteiger partial charge in [-0.05, 0) is 98.2 Å². The Balaban J connectivity index is 1.63. The molecule has 3 aliphatic heterocycles. The number of likely N-dealkylation sites (N-methyl/N-ethyl adjacent to an activating group) is 1. The fourth-order valence-electron chi connectivity index (χ4n) is 10.6. The number of ether oxygens (including phenoxy) is 9. The fraction of sp³-hybridized carbons (Fsp3) is 0.712. The van der Waals surface area contributed by atoms with Crippen molar-refractivity contribution in [3.63, 3.8) is 0 Å². The maximum Gasteiger partial charge on any atom is 0.338 e. The number of aliphatic hydroxyl groups excluding tert-OH is 3. The number of rotatable bonds is 13. The second-order valence-electron chi connectivity index (χ2n) is 20.3. The van der Waals surface area contributed by atoms with E-state index in [0.29, 0.717) is 17.5 Å². The summed E-state index contributed by atoms with van der Waals surface area (Å²) in [6.45, 7) is 14.6. The summed E-state index contributed by atoms with van der Waals surface area (Å²) in [7, 11) is 6.77. The van der Waals surface area contributed by atoms with Crippen LogP contribution < -0.4 is 0 Å². The first-order valence-electron chi connectivity index (χ1n) is 24.3. The maximum absolute atomic E-state index is 14.7. The van der Waals surface area contributed by atoms with Crippen molar-refractivity contribution in [2.45, 2.75) is 178 Å². The van der Waals surface area contributed by atoms with E-state index >= 15 is 0 Å². The van der Waals surface area contributed by atoms with E-state index in [-0.39, 0.29) is 31.4 Å². The van der Waals surface area contributed by atoms with E-state index in [1.807, 2.05) is 32.8 Å². The number of carbonyl (C=O) groups excluding carboxylic acids is 3. The van der Waals surface area contributed by atoms with Gasteiger partial charge in [-0.15, -0.1) is 0 Å². The summed E-state index contributed by atoms with van der Waals surface area (Å²) in [5, 5.41) is 46.4. The van der Waals surface area contributed by atoms with E-state index in [1.54, 1.807) is 109 Å². The van der Waals surface area contributed by atoms with Gasteiger partial charge >= 0.3 is 17.9 Å². The number of esters is 3. The van der Waals surface area contributed by atoms with E-state index in [1.165, 1.54) is 14.2 Å². The summed E-state index contributed by atoms with van der Waals surface area (Å²) in [5.74, 6) is -5.71. The summed E-state index contributed by atoms with van der Waals surface area (Å²) < 4.78 is 58.3. The zero-order valence-electron chi connectivity index (χ0n) is 42.7. The lowest BCUT2D eigenvalue weighted by Crippen LogP contribution is -2.63. The minimum Gasteiger partial charge on any atom is -0.459 e. The molecule has 17 heteroatoms. The molecule has 17 nitrogen and oxygen atoms in total. The predicted molar refractivity (Wildman–Crippen MR) is 253 cm³/mol. The first-order valence-corrected chi connectivity index (χ1v) is 24.3. The third kappa shape index (κ3) is 12.5. The Kier molecular flexibility index (Phi) is 19.4. The highest BCUT2D eigenvalue weighted by molar-refractivity contribution is 5.90. The SMILES string of the molecule is CC[C@H]1OC(=O)[C@H](C)[C@@H](O[C@H]2C[C@@](C)(OC)[C@@H](OC(=O)c3ccccc3)[C@H](C)O2)[C@H](C)[C@@H](O[C@@H]2O[C@H](C)C[C@H](N(C)C)[C@H]2OC(=O)c2ccccc2)[C@@](C)(OC)C[C@@H](C)[C@H](O)[C@H](C)C(O)[C@@]1(O)CO. The fourth-order valence-corrected chi connectivity index (χ4v) is 10.6. The van der Waals surface area contributed by atoms with Gasteiger partial charge in [-0.3, -0.25) is 4.79 Å². The molecule has 0 aliphatic carbocycles. The Labute approximate surface area is 408 Å². The topological polar surface area (TPSA) is 218 Å². The average Bonchev–Trinajstić information content (AvgIpc) is 3.34. The monoisotopic (exact) mass is 974 g/mol. The van der Waals surface area contributed by atoms with Gasteiger partial charge in [-0.1, -0.05) is 64.1 Å². The smallest absolute Gasteiger partial charge is 0.338 e. The third-order valence-corrected chi connectivity index (χ3v) is 15.0. The molecule has 2 aromatic carbocycles. The van der Waals surface area contributed by atoms with Crippen LogP contribution in [-0.4, -0.2) is 169 Å². The van der Waals surface area contributed by atoms with Crippen LogP contribution in [0.15, 0.2) is 60.7 Å². The molecule has 69 heavy (non-hydrogen) atoms. The van der Waals surface area contributed by atoms with Crippen molar-refractivity contribution in [3.8, 4) is 0 Å². The molecule has 19 atom stereocenters. The van der Waals surface area contributed by atoms with Crippen LogP contribution in [0.25, 0.3) is 0 Å². The van der Waals surface area contributed by atoms with Crippen LogP contribution in [0.1, 0.15) is 109 Å². The van der Waals surface area contributed by atoms with Gasteiger partial charge < -0.3 is 68.0 Å². The summed E-state index contributed by atoms with van der Waals surface area (Å²) >= 11 is 0. The Morgan fingerprint density at radius 2 is 1.32 bits per heavy atom. The molecular formula is C52H79NO16. The normalized spacial score (nSPS) is 40.6. The van der Waals surface area contributed by atoms with Crippen molar-refractivity contribution in [2.75, 3.05) is 34.9 Å². The first-order chi connectivity index (χ1) is 32.5. The van der Waals surface area contributed by atoms with E-state index in [9.17, 15) is 34.8 Å². The van der Waals surface area contributed by atoms with E-state index < -0.39 is 126 Å². The van der Waals surface area contributed by atoms with Crippen molar-refractivity contribution in [3.05, 3.63) is 71.8 Å². The van der Waals surface area contributed by atoms with Crippen LogP contribution in [0.5, 0.6) is 0 Å². The number of methoxy groups -OCH3 is 2. The molecule has 3 aliphatic rings. The highest BCUT2D eigenvalue weighted by Crippen LogP contribution is 2.43. The summed E-state index contributed by atoms with van der Waals surface area (Å²) in [4.78, 5) is 43.9. The van der Waals surface area contributed by atoms with Gasteiger partial charge in [0, 0.05) is 32.5 Å². The number of nitrogens with zero attached hydrogens (tertiary/aromatic N) is 1. The lowest BCUT2D eigenvalue weighted by Gasteiger charge is -2.50. The number of aliphatic hydroxyl groups is 4. The molecule has 2 aromatic rings. The predicted octanol–water partition coefficient (Wildman–Crippen LogP) is 4.93. The maximum atomic E-state index is 14.7. The third-order valence-electron chi connectivity index (χ3n) is 15.0. The molecule has 0 radical (unpaired) electrons. The van der Waals surface area contributed by atoms with E-state index in [2.05, 4.69) is 0 Å². The highest BCUT2D eigenvalue weighted by atomic mass is 16.7. The van der Waals surface area contributed by atoms with Crippen molar-refractivity contribution in [1.82, 2.24) is 4.90 Å². The van der Waals surface area contributed by atoms with Crippen molar-refractivity contribution in [2.24, 2.45) is 23.7 Å². The van der Waals surface area contributed by atoms with Crippen molar-refractivity contribution < 1.29 is 77.4 Å². The minimum absolute atomic E-state index is 0.00855. The Hall–Kier alpha value is -3.59. The zero-order chi connectivity index (χ0) is 51.2. The molecule has 4 N–H and O–H groups in total. The van der Waals surface area contributed by atoms with E-state index in [4.69, 9.17) is 42.6 Å². The number of cyclic esters (lactones) is 1. The molecule has 3 fully saturated rings. The highest BCUT2D eigenvalue weighted by Gasteiger charge is 2.56. The van der Waals surface area contributed by atoms with Gasteiger partial charge in [0.05, 0.1) is 71.9 Å². The molecule has 388 valence electrons. The van der Waals surface area contributed by atoms with Crippen LogP contribution in [0.3, 0.4) is 0 Å². The van der Waals surface area contributed by atoms with Crippen LogP contribution >= 0.6 is 0 Å². The zero-order valence-corrected chi connectivity index (χ0v) is 42.7. The van der Waals surface area contributed by atoms with Crippen LogP contribution in [0.4, 0.5) is 0 Å². The largest absolute Gasteiger partial charge is 0.459 e. The van der Waals surface area contributed by atoms with Gasteiger partial charge in [0.2, 0.25) is 0 Å². The minimum atomic E-state index is -2.37. The van der Waals surface area contributed by atoms with Crippen LogP contribution in [-0.2, 0) is 47.4 Å². The molecule has 0 spiro atoms. The molecule has 3 saturated heterocycles. The van der Waals surface area contributed by atoms with Gasteiger partial charge in [-0.2, -0.15) is 0 Å². The summed E-state index contributed by atoms with van der Waals surface area (Å²) in [6, 6.07) is 16.8. The van der Waals surface area contributed by atoms with Gasteiger partial charge in [0.15, 0.2) is 30.4 Å². The standard InChI is InChI=1S/C52H79NO16/c1-14-38-52(60,28-54)43(56)31(4)40(55)29(2)26-50(8,61-12)44(69-49-42(37(53(10)11)25-30(3)63-49)67-47(58)35-21-17-15-18-22-35)32(5)41(33(6)46(57)65-38)66-39-27-51(9,62-13)45(34(7)64-39)68-48(59)36-23-19-16-20-24-36/h15-24,29-34,37-45,49,54-56,60H,14,25-28H2,1-13H3/t29-,30-,31+,32+,33-,34+,37+,38-,39+,40+,41+,42-,43?,44-,45+,49+,50+,51-,52-/m1/s1. The first kappa shape index (κ1) is 56.3. The number of carbonyl (C=O) groups is 3. The van der Waals surface area contributed by atoms with E-state index in [0.717, 1.165) is 0 Å². The van der Waals surface area contributed by atoms with Crippen LogP contribution in [0, 0.1) is 23.7 Å². The number of hydrogen-bond acceptors (Lipinski definition) is 17. The molecule has 3 heterocycles. The molecular weight excluding hydrogens is 895 g/mol. The lowest BCUT2D eigenvalue weighted by molar-refractivity contribution is -0.319. The average molecular weight is 974 g/mol. The van der Waals surface area contributed by atoms with Crippen molar-refractivity contribution >= 4 is 17.9 Å². The van der Waals surface area contributed by atoms with Gasteiger partial charge in [0.1, 0.15) is 11.7 Å². The molecule has 0 saturated carbocycles.